The van der Waals surface area contributed by atoms with Gasteiger partial charge in [-0.05, 0) is 41.7 Å². The number of aliphatic imine (C=N–C) groups is 1. The van der Waals surface area contributed by atoms with Gasteiger partial charge in [0.25, 0.3) is 0 Å². The van der Waals surface area contributed by atoms with Crippen LogP contribution < -0.4 is 20.5 Å². The Hall–Kier alpha value is -2.77. The Balaban J connectivity index is 1.44. The molecule has 30 heavy (non-hydrogen) atoms. The van der Waals surface area contributed by atoms with E-state index in [4.69, 9.17) is 24.7 Å². The fourth-order valence-electron chi connectivity index (χ4n) is 3.21. The summed E-state index contributed by atoms with van der Waals surface area (Å²) in [6.45, 7) is 3.30. The van der Waals surface area contributed by atoms with Gasteiger partial charge in [-0.3, -0.25) is 0 Å². The second-order valence-corrected chi connectivity index (χ2v) is 7.18. The number of hydrogen-bond acceptors (Lipinski definition) is 5. The summed E-state index contributed by atoms with van der Waals surface area (Å²) in [5.74, 6) is 1.77. The maximum absolute atomic E-state index is 6.01. The van der Waals surface area contributed by atoms with E-state index in [9.17, 15) is 0 Å². The maximum atomic E-state index is 6.01. The fourth-order valence-corrected chi connectivity index (χ4v) is 3.21. The molecule has 0 amide bonds. The lowest BCUT2D eigenvalue weighted by Gasteiger charge is -2.22. The number of benzene rings is 2. The van der Waals surface area contributed by atoms with Crippen LogP contribution in [-0.4, -0.2) is 39.5 Å². The molecule has 1 aliphatic heterocycles. The van der Waals surface area contributed by atoms with Crippen LogP contribution in [0.2, 0.25) is 0 Å². The first-order chi connectivity index (χ1) is 14.7. The third-order valence-corrected chi connectivity index (χ3v) is 5.03. The van der Waals surface area contributed by atoms with Crippen LogP contribution in [0.4, 0.5) is 0 Å². The van der Waals surface area contributed by atoms with Crippen molar-refractivity contribution in [3.8, 4) is 11.5 Å². The van der Waals surface area contributed by atoms with Crippen molar-refractivity contribution in [2.75, 3.05) is 27.4 Å². The third kappa shape index (κ3) is 6.64. The summed E-state index contributed by atoms with van der Waals surface area (Å²) in [6.07, 6.45) is 2.26. The minimum atomic E-state index is 0.307. The van der Waals surface area contributed by atoms with Gasteiger partial charge in [0.05, 0.1) is 33.5 Å². The normalized spacial score (nSPS) is 15.1. The number of guanidine groups is 1. The lowest BCUT2D eigenvalue weighted by molar-refractivity contribution is -0.0390. The van der Waals surface area contributed by atoms with Crippen LogP contribution in [0.25, 0.3) is 0 Å². The number of rotatable bonds is 9. The highest BCUT2D eigenvalue weighted by molar-refractivity contribution is 5.77. The largest absolute Gasteiger partial charge is 0.493 e. The molecule has 1 heterocycles. The minimum absolute atomic E-state index is 0.307. The molecular weight excluding hydrogens is 382 g/mol. The maximum Gasteiger partial charge on any atom is 0.189 e. The van der Waals surface area contributed by atoms with Gasteiger partial charge in [-0.25, -0.2) is 4.99 Å². The zero-order valence-corrected chi connectivity index (χ0v) is 17.7. The molecule has 1 aliphatic rings. The number of ether oxygens (including phenoxy) is 4. The molecule has 0 aromatic heterocycles. The summed E-state index contributed by atoms with van der Waals surface area (Å²) in [4.78, 5) is 4.40. The Morgan fingerprint density at radius 1 is 1.00 bits per heavy atom. The standard InChI is InChI=1S/C23H31N3O4/c1-27-21-8-7-19(13-22(21)28-2)15-26-23(24)25-14-17-3-5-18(6-4-17)16-30-20-9-11-29-12-10-20/h3-8,13,20H,9-12,14-16H2,1-2H3,(H3,24,25,26). The molecule has 0 bridgehead atoms. The topological polar surface area (TPSA) is 87.3 Å². The first-order valence-electron chi connectivity index (χ1n) is 10.2. The molecule has 2 aromatic rings. The Kier molecular flexibility index (Phi) is 8.35. The highest BCUT2D eigenvalue weighted by Gasteiger charge is 2.13. The first kappa shape index (κ1) is 21.9. The van der Waals surface area contributed by atoms with Gasteiger partial charge in [-0.1, -0.05) is 30.3 Å². The van der Waals surface area contributed by atoms with E-state index in [0.29, 0.717) is 43.3 Å². The van der Waals surface area contributed by atoms with Gasteiger partial charge >= 0.3 is 0 Å². The van der Waals surface area contributed by atoms with Crippen LogP contribution in [0.5, 0.6) is 11.5 Å². The van der Waals surface area contributed by atoms with E-state index in [1.165, 1.54) is 5.56 Å². The summed E-state index contributed by atoms with van der Waals surface area (Å²) in [6, 6.07) is 14.0. The first-order valence-corrected chi connectivity index (χ1v) is 10.2. The van der Waals surface area contributed by atoms with E-state index in [2.05, 4.69) is 34.6 Å². The lowest BCUT2D eigenvalue weighted by atomic mass is 10.1. The molecule has 0 spiro atoms. The van der Waals surface area contributed by atoms with Crippen LogP contribution in [0.3, 0.4) is 0 Å². The quantitative estimate of drug-likeness (QED) is 0.485. The molecule has 0 aliphatic carbocycles. The van der Waals surface area contributed by atoms with E-state index >= 15 is 0 Å². The Labute approximate surface area is 178 Å². The highest BCUT2D eigenvalue weighted by atomic mass is 16.5. The molecule has 0 saturated carbocycles. The summed E-state index contributed by atoms with van der Waals surface area (Å²) in [7, 11) is 3.23. The van der Waals surface area contributed by atoms with Gasteiger partial charge in [-0.2, -0.15) is 0 Å². The van der Waals surface area contributed by atoms with Crippen LogP contribution >= 0.6 is 0 Å². The van der Waals surface area contributed by atoms with E-state index in [-0.39, 0.29) is 0 Å². The molecule has 7 nitrogen and oxygen atoms in total. The SMILES string of the molecule is COc1ccc(CN=C(N)NCc2ccc(COC3CCOCC3)cc2)cc1OC. The number of nitrogens with one attached hydrogen (secondary N) is 1. The molecule has 0 atom stereocenters. The number of methoxy groups -OCH3 is 2. The van der Waals surface area contributed by atoms with Gasteiger partial charge in [0, 0.05) is 19.8 Å². The summed E-state index contributed by atoms with van der Waals surface area (Å²) in [5, 5.41) is 3.15. The van der Waals surface area contributed by atoms with Crippen molar-refractivity contribution in [2.45, 2.75) is 38.6 Å². The fraction of sp³-hybridized carbons (Fsp3) is 0.435. The van der Waals surface area contributed by atoms with Crippen LogP contribution in [0.1, 0.15) is 29.5 Å². The predicted octanol–water partition coefficient (Wildman–Crippen LogP) is 3.00. The Morgan fingerprint density at radius 3 is 2.37 bits per heavy atom. The van der Waals surface area contributed by atoms with Crippen molar-refractivity contribution < 1.29 is 18.9 Å². The molecule has 1 fully saturated rings. The predicted molar refractivity (Wildman–Crippen MR) is 117 cm³/mol. The molecule has 0 radical (unpaired) electrons. The molecule has 162 valence electrons. The monoisotopic (exact) mass is 413 g/mol. The van der Waals surface area contributed by atoms with Crippen molar-refractivity contribution >= 4 is 5.96 Å². The third-order valence-electron chi connectivity index (χ3n) is 5.03. The number of nitrogens with two attached hydrogens (primary N) is 1. The van der Waals surface area contributed by atoms with Gasteiger partial charge in [-0.15, -0.1) is 0 Å². The van der Waals surface area contributed by atoms with Gasteiger partial charge < -0.3 is 30.0 Å². The van der Waals surface area contributed by atoms with E-state index in [1.807, 2.05) is 18.2 Å². The Morgan fingerprint density at radius 2 is 1.67 bits per heavy atom. The summed E-state index contributed by atoms with van der Waals surface area (Å²) in [5.41, 5.74) is 9.30. The van der Waals surface area contributed by atoms with Crippen molar-refractivity contribution in [3.05, 3.63) is 59.2 Å². The smallest absolute Gasteiger partial charge is 0.189 e. The molecule has 2 aromatic carbocycles. The molecule has 0 unspecified atom stereocenters. The Bertz CT molecular complexity index is 818. The second-order valence-electron chi connectivity index (χ2n) is 7.18. The van der Waals surface area contributed by atoms with Crippen molar-refractivity contribution in [2.24, 2.45) is 10.7 Å². The highest BCUT2D eigenvalue weighted by Crippen LogP contribution is 2.27. The summed E-state index contributed by atoms with van der Waals surface area (Å²) >= 11 is 0. The second kappa shape index (κ2) is 11.4. The molecule has 3 N–H and O–H groups in total. The molecular formula is C23H31N3O4. The van der Waals surface area contributed by atoms with Gasteiger partial charge in [0.1, 0.15) is 0 Å². The van der Waals surface area contributed by atoms with Crippen LogP contribution in [-0.2, 0) is 29.2 Å². The molecule has 7 heteroatoms. The zero-order chi connectivity index (χ0) is 21.2. The van der Waals surface area contributed by atoms with E-state index in [0.717, 1.165) is 37.2 Å². The average Bonchev–Trinajstić information content (AvgIpc) is 2.81. The van der Waals surface area contributed by atoms with Crippen molar-refractivity contribution in [1.82, 2.24) is 5.32 Å². The van der Waals surface area contributed by atoms with Crippen molar-refractivity contribution in [3.63, 3.8) is 0 Å². The average molecular weight is 414 g/mol. The van der Waals surface area contributed by atoms with E-state index in [1.54, 1.807) is 14.2 Å². The van der Waals surface area contributed by atoms with Crippen molar-refractivity contribution in [1.29, 1.82) is 0 Å². The minimum Gasteiger partial charge on any atom is -0.493 e. The van der Waals surface area contributed by atoms with E-state index < -0.39 is 0 Å². The lowest BCUT2D eigenvalue weighted by Crippen LogP contribution is -2.31. The zero-order valence-electron chi connectivity index (χ0n) is 17.7. The summed E-state index contributed by atoms with van der Waals surface area (Å²) < 4.78 is 21.9. The number of nitrogens with zero attached hydrogens (tertiary/aromatic N) is 1. The molecule has 1 saturated heterocycles. The van der Waals surface area contributed by atoms with Crippen LogP contribution in [0.15, 0.2) is 47.5 Å². The van der Waals surface area contributed by atoms with Crippen LogP contribution in [0, 0.1) is 0 Å². The van der Waals surface area contributed by atoms with Gasteiger partial charge in [0.15, 0.2) is 17.5 Å². The number of hydrogen-bond donors (Lipinski definition) is 2. The molecule has 3 rings (SSSR count). The van der Waals surface area contributed by atoms with Gasteiger partial charge in [0.2, 0.25) is 0 Å².